The summed E-state index contributed by atoms with van der Waals surface area (Å²) < 4.78 is 5.26. The second kappa shape index (κ2) is 7.50. The van der Waals surface area contributed by atoms with Gasteiger partial charge in [0.1, 0.15) is 11.6 Å². The summed E-state index contributed by atoms with van der Waals surface area (Å²) in [6, 6.07) is 4.83. The molecule has 100 valence electrons. The van der Waals surface area contributed by atoms with Gasteiger partial charge in [0, 0.05) is 13.1 Å². The van der Waals surface area contributed by atoms with E-state index in [1.54, 1.807) is 6.07 Å². The summed E-state index contributed by atoms with van der Waals surface area (Å²) >= 11 is 0. The molecule has 1 aromatic rings. The van der Waals surface area contributed by atoms with Gasteiger partial charge in [-0.05, 0) is 12.1 Å². The van der Waals surface area contributed by atoms with Crippen molar-refractivity contribution in [3.05, 3.63) is 18.2 Å². The van der Waals surface area contributed by atoms with Crippen molar-refractivity contribution < 1.29 is 9.53 Å². The summed E-state index contributed by atoms with van der Waals surface area (Å²) in [4.78, 5) is 17.1. The van der Waals surface area contributed by atoms with Crippen LogP contribution in [-0.4, -0.2) is 37.3 Å². The number of aromatic nitrogens is 1. The second-order valence-electron chi connectivity index (χ2n) is 3.47. The predicted molar refractivity (Wildman–Crippen MR) is 71.8 cm³/mol. The van der Waals surface area contributed by atoms with Crippen LogP contribution in [0.3, 0.4) is 0 Å². The molecule has 1 fully saturated rings. The molecule has 0 aromatic carbocycles. The van der Waals surface area contributed by atoms with Crippen molar-refractivity contribution in [3.8, 4) is 0 Å². The Morgan fingerprint density at radius 1 is 1.39 bits per heavy atom. The van der Waals surface area contributed by atoms with Gasteiger partial charge in [-0.15, -0.1) is 0 Å². The third-order valence-corrected chi connectivity index (χ3v) is 2.32. The zero-order chi connectivity index (χ0) is 13.4. The standard InChI is InChI=1S/C10H14N4O2.C2H6/c11-10(15)13-8-2-1-3-9(12-8)14-4-6-16-7-5-14;1-2/h1-3H,4-7H2,(H3,11,12,13,15);1-2H3. The summed E-state index contributed by atoms with van der Waals surface area (Å²) in [6.07, 6.45) is 0. The molecule has 6 heteroatoms. The number of nitrogens with two attached hydrogens (primary N) is 1. The maximum absolute atomic E-state index is 10.7. The molecule has 3 N–H and O–H groups in total. The van der Waals surface area contributed by atoms with Gasteiger partial charge in [-0.25, -0.2) is 9.78 Å². The van der Waals surface area contributed by atoms with Gasteiger partial charge in [-0.2, -0.15) is 0 Å². The third-order valence-electron chi connectivity index (χ3n) is 2.32. The van der Waals surface area contributed by atoms with Crippen molar-refractivity contribution >= 4 is 17.7 Å². The normalized spacial score (nSPS) is 14.4. The Bertz CT molecular complexity index is 378. The van der Waals surface area contributed by atoms with E-state index in [1.807, 2.05) is 26.0 Å². The minimum absolute atomic E-state index is 0.469. The molecule has 0 aliphatic carbocycles. The molecule has 1 aliphatic heterocycles. The van der Waals surface area contributed by atoms with Crippen LogP contribution < -0.4 is 16.0 Å². The molecular weight excluding hydrogens is 232 g/mol. The quantitative estimate of drug-likeness (QED) is 0.834. The number of ether oxygens (including phenoxy) is 1. The number of rotatable bonds is 2. The third kappa shape index (κ3) is 4.21. The van der Waals surface area contributed by atoms with Crippen molar-refractivity contribution in [3.63, 3.8) is 0 Å². The van der Waals surface area contributed by atoms with Crippen molar-refractivity contribution in [1.82, 2.24) is 4.98 Å². The zero-order valence-electron chi connectivity index (χ0n) is 10.8. The van der Waals surface area contributed by atoms with Gasteiger partial charge in [0.2, 0.25) is 0 Å². The molecule has 1 aromatic heterocycles. The van der Waals surface area contributed by atoms with Crippen LogP contribution in [0.25, 0.3) is 0 Å². The SMILES string of the molecule is CC.NC(=O)Nc1cccc(N2CCOCC2)n1. The number of pyridine rings is 1. The molecular formula is C12H20N4O2. The van der Waals surface area contributed by atoms with Crippen LogP contribution in [0.4, 0.5) is 16.4 Å². The van der Waals surface area contributed by atoms with Crippen LogP contribution >= 0.6 is 0 Å². The Balaban J connectivity index is 0.000000771. The van der Waals surface area contributed by atoms with E-state index in [0.717, 1.165) is 18.9 Å². The number of carbonyl (C=O) groups excluding carboxylic acids is 1. The van der Waals surface area contributed by atoms with Crippen LogP contribution in [0.5, 0.6) is 0 Å². The first-order valence-corrected chi connectivity index (χ1v) is 6.12. The molecule has 2 heterocycles. The lowest BCUT2D eigenvalue weighted by atomic mass is 10.3. The number of urea groups is 1. The largest absolute Gasteiger partial charge is 0.378 e. The predicted octanol–water partition coefficient (Wildman–Crippen LogP) is 1.44. The average Bonchev–Trinajstić information content (AvgIpc) is 2.42. The first-order chi connectivity index (χ1) is 8.75. The van der Waals surface area contributed by atoms with Crippen molar-refractivity contribution in [1.29, 1.82) is 0 Å². The lowest BCUT2D eigenvalue weighted by molar-refractivity contribution is 0.122. The minimum Gasteiger partial charge on any atom is -0.378 e. The Kier molecular flexibility index (Phi) is 5.93. The molecule has 1 aliphatic rings. The topological polar surface area (TPSA) is 80.5 Å². The minimum atomic E-state index is -0.605. The fourth-order valence-corrected chi connectivity index (χ4v) is 1.59. The number of hydrogen-bond donors (Lipinski definition) is 2. The Hall–Kier alpha value is -1.82. The molecule has 18 heavy (non-hydrogen) atoms. The van der Waals surface area contributed by atoms with Crippen molar-refractivity contribution in [2.45, 2.75) is 13.8 Å². The molecule has 2 amide bonds. The molecule has 2 rings (SSSR count). The van der Waals surface area contributed by atoms with E-state index in [4.69, 9.17) is 10.5 Å². The van der Waals surface area contributed by atoms with Gasteiger partial charge in [0.05, 0.1) is 13.2 Å². The van der Waals surface area contributed by atoms with Crippen LogP contribution in [0.1, 0.15) is 13.8 Å². The van der Waals surface area contributed by atoms with E-state index < -0.39 is 6.03 Å². The average molecular weight is 252 g/mol. The highest BCUT2D eigenvalue weighted by Crippen LogP contribution is 2.15. The summed E-state index contributed by atoms with van der Waals surface area (Å²) in [5, 5.41) is 2.45. The Morgan fingerprint density at radius 3 is 2.67 bits per heavy atom. The summed E-state index contributed by atoms with van der Waals surface area (Å²) in [7, 11) is 0. The first-order valence-electron chi connectivity index (χ1n) is 6.12. The van der Waals surface area contributed by atoms with E-state index >= 15 is 0 Å². The number of hydrogen-bond acceptors (Lipinski definition) is 4. The molecule has 0 unspecified atom stereocenters. The lowest BCUT2D eigenvalue weighted by Gasteiger charge is -2.27. The molecule has 1 saturated heterocycles. The van der Waals surface area contributed by atoms with Gasteiger partial charge in [0.25, 0.3) is 0 Å². The highest BCUT2D eigenvalue weighted by atomic mass is 16.5. The summed E-state index contributed by atoms with van der Waals surface area (Å²) in [6.45, 7) is 7.03. The Labute approximate surface area is 107 Å². The number of nitrogens with one attached hydrogen (secondary N) is 1. The fraction of sp³-hybridized carbons (Fsp3) is 0.500. The van der Waals surface area contributed by atoms with Crippen molar-refractivity contribution in [2.24, 2.45) is 5.73 Å². The monoisotopic (exact) mass is 252 g/mol. The van der Waals surface area contributed by atoms with E-state index in [2.05, 4.69) is 15.2 Å². The van der Waals surface area contributed by atoms with Gasteiger partial charge in [-0.3, -0.25) is 5.32 Å². The Morgan fingerprint density at radius 2 is 2.06 bits per heavy atom. The zero-order valence-corrected chi connectivity index (χ0v) is 10.8. The number of amides is 2. The van der Waals surface area contributed by atoms with Crippen molar-refractivity contribution in [2.75, 3.05) is 36.5 Å². The first kappa shape index (κ1) is 14.2. The van der Waals surface area contributed by atoms with Gasteiger partial charge < -0.3 is 15.4 Å². The van der Waals surface area contributed by atoms with Crippen LogP contribution in [0.15, 0.2) is 18.2 Å². The number of carbonyl (C=O) groups is 1. The molecule has 0 spiro atoms. The molecule has 0 radical (unpaired) electrons. The van der Waals surface area contributed by atoms with Crippen LogP contribution in [0.2, 0.25) is 0 Å². The molecule has 0 atom stereocenters. The van der Waals surface area contributed by atoms with Crippen LogP contribution in [0, 0.1) is 0 Å². The van der Waals surface area contributed by atoms with E-state index in [-0.39, 0.29) is 0 Å². The van der Waals surface area contributed by atoms with Gasteiger partial charge >= 0.3 is 6.03 Å². The number of primary amides is 1. The smallest absolute Gasteiger partial charge is 0.317 e. The van der Waals surface area contributed by atoms with Crippen LogP contribution in [-0.2, 0) is 4.74 Å². The van der Waals surface area contributed by atoms with E-state index in [0.29, 0.717) is 19.0 Å². The number of morpholine rings is 1. The number of nitrogens with zero attached hydrogens (tertiary/aromatic N) is 2. The maximum Gasteiger partial charge on any atom is 0.317 e. The maximum atomic E-state index is 10.7. The molecule has 0 saturated carbocycles. The van der Waals surface area contributed by atoms with E-state index in [9.17, 15) is 4.79 Å². The number of anilines is 2. The molecule has 6 nitrogen and oxygen atoms in total. The fourth-order valence-electron chi connectivity index (χ4n) is 1.59. The summed E-state index contributed by atoms with van der Waals surface area (Å²) in [5.41, 5.74) is 5.03. The van der Waals surface area contributed by atoms with Gasteiger partial charge in [0.15, 0.2) is 0 Å². The van der Waals surface area contributed by atoms with Gasteiger partial charge in [-0.1, -0.05) is 19.9 Å². The second-order valence-corrected chi connectivity index (χ2v) is 3.47. The lowest BCUT2D eigenvalue weighted by Crippen LogP contribution is -2.36. The highest BCUT2D eigenvalue weighted by molar-refractivity contribution is 5.86. The summed E-state index contributed by atoms with van der Waals surface area (Å²) in [5.74, 6) is 1.30. The van der Waals surface area contributed by atoms with E-state index in [1.165, 1.54) is 0 Å². The molecule has 0 bridgehead atoms. The highest BCUT2D eigenvalue weighted by Gasteiger charge is 2.12.